The first-order chi connectivity index (χ1) is 8.70. The van der Waals surface area contributed by atoms with E-state index in [1.165, 1.54) is 0 Å². The van der Waals surface area contributed by atoms with E-state index in [9.17, 15) is 4.79 Å². The maximum atomic E-state index is 11.9. The summed E-state index contributed by atoms with van der Waals surface area (Å²) in [6, 6.07) is 3.64. The van der Waals surface area contributed by atoms with E-state index in [0.29, 0.717) is 5.56 Å². The van der Waals surface area contributed by atoms with E-state index in [4.69, 9.17) is 0 Å². The van der Waals surface area contributed by atoms with Crippen molar-refractivity contribution in [3.05, 3.63) is 35.8 Å². The monoisotopic (exact) mass is 245 g/mol. The number of aryl methyl sites for hydroxylation is 1. The molecule has 0 saturated carbocycles. The zero-order chi connectivity index (χ0) is 13.0. The summed E-state index contributed by atoms with van der Waals surface area (Å²) in [6.07, 6.45) is 7.16. The lowest BCUT2D eigenvalue weighted by molar-refractivity contribution is 0.0953. The Morgan fingerprint density at radius 3 is 3.06 bits per heavy atom. The van der Waals surface area contributed by atoms with Gasteiger partial charge in [0, 0.05) is 24.5 Å². The van der Waals surface area contributed by atoms with Gasteiger partial charge in [-0.05, 0) is 25.5 Å². The second kappa shape index (κ2) is 5.67. The molecule has 4 nitrogen and oxygen atoms in total. The highest BCUT2D eigenvalue weighted by molar-refractivity contribution is 5.94. The molecule has 2 aromatic rings. The third-order valence-electron chi connectivity index (χ3n) is 2.91. The maximum absolute atomic E-state index is 11.9. The molecule has 2 aromatic heterocycles. The number of nitrogens with zero attached hydrogens (tertiary/aromatic N) is 2. The van der Waals surface area contributed by atoms with Gasteiger partial charge in [0.15, 0.2) is 0 Å². The Kier molecular flexibility index (Phi) is 3.97. The van der Waals surface area contributed by atoms with Crippen molar-refractivity contribution in [3.63, 3.8) is 0 Å². The van der Waals surface area contributed by atoms with Crippen molar-refractivity contribution >= 4 is 11.6 Å². The SMILES string of the molecule is CCCCCNC(=O)c1ccn2cc(C)nc2c1. The molecule has 4 heteroatoms. The fraction of sp³-hybridized carbons (Fsp3) is 0.429. The number of carbonyl (C=O) groups excluding carboxylic acids is 1. The third-order valence-corrected chi connectivity index (χ3v) is 2.91. The van der Waals surface area contributed by atoms with Gasteiger partial charge in [-0.15, -0.1) is 0 Å². The van der Waals surface area contributed by atoms with Crippen molar-refractivity contribution in [2.24, 2.45) is 0 Å². The molecule has 2 rings (SSSR count). The second-order valence-electron chi connectivity index (χ2n) is 4.53. The molecule has 0 spiro atoms. The van der Waals surface area contributed by atoms with Gasteiger partial charge < -0.3 is 9.72 Å². The average molecular weight is 245 g/mol. The zero-order valence-corrected chi connectivity index (χ0v) is 10.9. The molecule has 96 valence electrons. The van der Waals surface area contributed by atoms with E-state index in [0.717, 1.165) is 37.1 Å². The number of nitrogens with one attached hydrogen (secondary N) is 1. The van der Waals surface area contributed by atoms with Crippen LogP contribution in [0.15, 0.2) is 24.5 Å². The summed E-state index contributed by atoms with van der Waals surface area (Å²) in [7, 11) is 0. The predicted molar refractivity (Wildman–Crippen MR) is 71.8 cm³/mol. The summed E-state index contributed by atoms with van der Waals surface area (Å²) in [4.78, 5) is 16.3. The summed E-state index contributed by atoms with van der Waals surface area (Å²) in [5, 5.41) is 2.93. The van der Waals surface area contributed by atoms with Crippen molar-refractivity contribution in [1.29, 1.82) is 0 Å². The molecule has 0 atom stereocenters. The molecule has 1 N–H and O–H groups in total. The van der Waals surface area contributed by atoms with Gasteiger partial charge in [0.05, 0.1) is 5.69 Å². The first kappa shape index (κ1) is 12.6. The van der Waals surface area contributed by atoms with Gasteiger partial charge in [0.25, 0.3) is 5.91 Å². The molecule has 0 saturated heterocycles. The highest BCUT2D eigenvalue weighted by Crippen LogP contribution is 2.07. The molecule has 2 heterocycles. The quantitative estimate of drug-likeness (QED) is 0.823. The van der Waals surface area contributed by atoms with E-state index >= 15 is 0 Å². The number of rotatable bonds is 5. The number of amides is 1. The maximum Gasteiger partial charge on any atom is 0.251 e. The molecule has 0 aliphatic carbocycles. The van der Waals surface area contributed by atoms with E-state index in [1.807, 2.05) is 35.9 Å². The minimum atomic E-state index is -0.0192. The van der Waals surface area contributed by atoms with Crippen LogP contribution in [0, 0.1) is 6.92 Å². The van der Waals surface area contributed by atoms with Crippen LogP contribution in [-0.4, -0.2) is 21.8 Å². The van der Waals surface area contributed by atoms with Crippen LogP contribution in [0.2, 0.25) is 0 Å². The van der Waals surface area contributed by atoms with Crippen molar-refractivity contribution in [2.75, 3.05) is 6.54 Å². The summed E-state index contributed by atoms with van der Waals surface area (Å²) in [5.41, 5.74) is 2.44. The van der Waals surface area contributed by atoms with Crippen LogP contribution in [0.5, 0.6) is 0 Å². The molecule has 0 aliphatic heterocycles. The summed E-state index contributed by atoms with van der Waals surface area (Å²) < 4.78 is 1.92. The Labute approximate surface area is 107 Å². The Balaban J connectivity index is 2.03. The zero-order valence-electron chi connectivity index (χ0n) is 10.9. The average Bonchev–Trinajstić information content (AvgIpc) is 2.73. The fourth-order valence-corrected chi connectivity index (χ4v) is 1.93. The smallest absolute Gasteiger partial charge is 0.251 e. The van der Waals surface area contributed by atoms with Gasteiger partial charge in [0.1, 0.15) is 5.65 Å². The van der Waals surface area contributed by atoms with Crippen molar-refractivity contribution in [3.8, 4) is 0 Å². The first-order valence-electron chi connectivity index (χ1n) is 6.44. The molecule has 0 aliphatic rings. The number of imidazole rings is 1. The molecule has 0 aromatic carbocycles. The van der Waals surface area contributed by atoms with Crippen LogP contribution in [0.4, 0.5) is 0 Å². The highest BCUT2D eigenvalue weighted by atomic mass is 16.1. The molecule has 0 bridgehead atoms. The minimum Gasteiger partial charge on any atom is -0.352 e. The van der Waals surface area contributed by atoms with Crippen molar-refractivity contribution in [2.45, 2.75) is 33.1 Å². The molecule has 1 amide bonds. The lowest BCUT2D eigenvalue weighted by Crippen LogP contribution is -2.24. The molecule has 0 radical (unpaired) electrons. The van der Waals surface area contributed by atoms with Gasteiger partial charge in [-0.3, -0.25) is 4.79 Å². The van der Waals surface area contributed by atoms with Gasteiger partial charge >= 0.3 is 0 Å². The van der Waals surface area contributed by atoms with Gasteiger partial charge in [-0.1, -0.05) is 19.8 Å². The van der Waals surface area contributed by atoms with E-state index in [1.54, 1.807) is 0 Å². The fourth-order valence-electron chi connectivity index (χ4n) is 1.93. The Hall–Kier alpha value is -1.84. The second-order valence-corrected chi connectivity index (χ2v) is 4.53. The summed E-state index contributed by atoms with van der Waals surface area (Å²) in [5.74, 6) is -0.0192. The van der Waals surface area contributed by atoms with E-state index in [-0.39, 0.29) is 5.91 Å². The van der Waals surface area contributed by atoms with Gasteiger partial charge in [-0.25, -0.2) is 4.98 Å². The number of aromatic nitrogens is 2. The molecular formula is C14H19N3O. The number of carbonyl (C=O) groups is 1. The number of hydrogen-bond donors (Lipinski definition) is 1. The summed E-state index contributed by atoms with van der Waals surface area (Å²) >= 11 is 0. The van der Waals surface area contributed by atoms with Crippen LogP contribution >= 0.6 is 0 Å². The van der Waals surface area contributed by atoms with E-state index < -0.39 is 0 Å². The standard InChI is InChI=1S/C14H19N3O/c1-3-4-5-7-15-14(18)12-6-8-17-10-11(2)16-13(17)9-12/h6,8-10H,3-5,7H2,1-2H3,(H,15,18). The predicted octanol–water partition coefficient (Wildman–Crippen LogP) is 2.56. The number of fused-ring (bicyclic) bond motifs is 1. The molecule has 0 fully saturated rings. The van der Waals surface area contributed by atoms with Crippen LogP contribution in [-0.2, 0) is 0 Å². The molecule has 0 unspecified atom stereocenters. The van der Waals surface area contributed by atoms with Crippen molar-refractivity contribution in [1.82, 2.24) is 14.7 Å². The van der Waals surface area contributed by atoms with Crippen LogP contribution in [0.1, 0.15) is 42.2 Å². The largest absolute Gasteiger partial charge is 0.352 e. The van der Waals surface area contributed by atoms with Gasteiger partial charge in [-0.2, -0.15) is 0 Å². The number of hydrogen-bond acceptors (Lipinski definition) is 2. The highest BCUT2D eigenvalue weighted by Gasteiger charge is 2.06. The number of pyridine rings is 1. The van der Waals surface area contributed by atoms with Gasteiger partial charge in [0.2, 0.25) is 0 Å². The normalized spacial score (nSPS) is 10.8. The topological polar surface area (TPSA) is 46.4 Å². The number of unbranched alkanes of at least 4 members (excludes halogenated alkanes) is 2. The Morgan fingerprint density at radius 1 is 1.44 bits per heavy atom. The third kappa shape index (κ3) is 2.88. The van der Waals surface area contributed by atoms with Crippen LogP contribution in [0.25, 0.3) is 5.65 Å². The van der Waals surface area contributed by atoms with Crippen LogP contribution in [0.3, 0.4) is 0 Å². The minimum absolute atomic E-state index is 0.0192. The lowest BCUT2D eigenvalue weighted by Gasteiger charge is -2.04. The Bertz CT molecular complexity index is 545. The first-order valence-corrected chi connectivity index (χ1v) is 6.44. The summed E-state index contributed by atoms with van der Waals surface area (Å²) in [6.45, 7) is 4.83. The van der Waals surface area contributed by atoms with E-state index in [2.05, 4.69) is 17.2 Å². The van der Waals surface area contributed by atoms with Crippen molar-refractivity contribution < 1.29 is 4.79 Å². The van der Waals surface area contributed by atoms with Crippen LogP contribution < -0.4 is 5.32 Å². The lowest BCUT2D eigenvalue weighted by atomic mass is 10.2. The molecular weight excluding hydrogens is 226 g/mol. The molecule has 18 heavy (non-hydrogen) atoms. The Morgan fingerprint density at radius 2 is 2.28 bits per heavy atom.